The highest BCUT2D eigenvalue weighted by Gasteiger charge is 2.22. The van der Waals surface area contributed by atoms with Crippen LogP contribution in [0.2, 0.25) is 5.02 Å². The molecule has 4 rings (SSSR count). The van der Waals surface area contributed by atoms with Gasteiger partial charge in [0.2, 0.25) is 11.8 Å². The van der Waals surface area contributed by atoms with Gasteiger partial charge in [0.25, 0.3) is 0 Å². The summed E-state index contributed by atoms with van der Waals surface area (Å²) in [6.45, 7) is 1.90. The Morgan fingerprint density at radius 1 is 1.18 bits per heavy atom. The number of nitrogens with zero attached hydrogens (tertiary/aromatic N) is 5. The number of nitrogens with one attached hydrogen (secondary N) is 2. The van der Waals surface area contributed by atoms with Gasteiger partial charge in [-0.1, -0.05) is 41.9 Å². The van der Waals surface area contributed by atoms with Gasteiger partial charge in [0.15, 0.2) is 10.8 Å². The molecule has 2 aromatic carbocycles. The molecule has 194 valence electrons. The van der Waals surface area contributed by atoms with Gasteiger partial charge in [0.05, 0.1) is 12.3 Å². The number of tetrazole rings is 1. The zero-order chi connectivity index (χ0) is 26.9. The Bertz CT molecular complexity index is 1440. The van der Waals surface area contributed by atoms with Gasteiger partial charge in [-0.05, 0) is 47.2 Å². The molecule has 0 aliphatic rings. The Morgan fingerprint density at radius 2 is 2.00 bits per heavy atom. The Labute approximate surface area is 226 Å². The average Bonchev–Trinajstić information content (AvgIpc) is 3.61. The second kappa shape index (κ2) is 12.7. The zero-order valence-corrected chi connectivity index (χ0v) is 21.6. The van der Waals surface area contributed by atoms with Crippen molar-refractivity contribution >= 4 is 51.9 Å². The molecule has 0 saturated heterocycles. The third-order valence-electron chi connectivity index (χ3n) is 5.13. The summed E-state index contributed by atoms with van der Waals surface area (Å²) in [5.41, 5.74) is 2.15. The number of halogens is 1. The van der Waals surface area contributed by atoms with E-state index in [4.69, 9.17) is 16.3 Å². The Balaban J connectivity index is 1.50. The number of thiazole rings is 1. The van der Waals surface area contributed by atoms with Crippen molar-refractivity contribution in [3.8, 4) is 5.69 Å². The second-order valence-corrected chi connectivity index (χ2v) is 9.08. The normalized spacial score (nSPS) is 11.7. The summed E-state index contributed by atoms with van der Waals surface area (Å²) in [5.74, 6) is -1.57. The summed E-state index contributed by atoms with van der Waals surface area (Å²) in [7, 11) is 0. The predicted octanol–water partition coefficient (Wildman–Crippen LogP) is 3.33. The molecular formula is C25H22ClN7O4S. The highest BCUT2D eigenvalue weighted by atomic mass is 35.5. The van der Waals surface area contributed by atoms with Crippen LogP contribution >= 0.6 is 22.9 Å². The Hall–Kier alpha value is -4.42. The molecule has 2 amide bonds. The van der Waals surface area contributed by atoms with Gasteiger partial charge >= 0.3 is 5.97 Å². The molecule has 2 aromatic heterocycles. The largest absolute Gasteiger partial charge is 0.461 e. The number of benzene rings is 2. The third kappa shape index (κ3) is 7.08. The quantitative estimate of drug-likeness (QED) is 0.226. The fourth-order valence-electron chi connectivity index (χ4n) is 3.41. The first-order valence-electron chi connectivity index (χ1n) is 11.4. The molecule has 11 nitrogen and oxygen atoms in total. The molecule has 2 heterocycles. The van der Waals surface area contributed by atoms with Crippen LogP contribution in [0, 0.1) is 0 Å². The van der Waals surface area contributed by atoms with Crippen molar-refractivity contribution in [3.05, 3.63) is 88.2 Å². The number of anilines is 1. The van der Waals surface area contributed by atoms with Crippen LogP contribution in [0.1, 0.15) is 28.5 Å². The van der Waals surface area contributed by atoms with Gasteiger partial charge in [-0.25, -0.2) is 9.78 Å². The summed E-state index contributed by atoms with van der Waals surface area (Å²) in [4.78, 5) is 42.0. The maximum absolute atomic E-state index is 13.1. The molecule has 0 saturated carbocycles. The van der Waals surface area contributed by atoms with E-state index in [-0.39, 0.29) is 23.9 Å². The van der Waals surface area contributed by atoms with Crippen molar-refractivity contribution in [2.75, 3.05) is 11.9 Å². The van der Waals surface area contributed by atoms with Crippen LogP contribution in [0.25, 0.3) is 11.8 Å². The smallest absolute Gasteiger partial charge is 0.357 e. The van der Waals surface area contributed by atoms with Gasteiger partial charge in [0.1, 0.15) is 12.4 Å². The maximum atomic E-state index is 13.1. The van der Waals surface area contributed by atoms with Crippen molar-refractivity contribution < 1.29 is 19.1 Å². The van der Waals surface area contributed by atoms with Crippen LogP contribution in [0.15, 0.2) is 66.3 Å². The lowest BCUT2D eigenvalue weighted by Gasteiger charge is -2.17. The van der Waals surface area contributed by atoms with E-state index in [2.05, 4.69) is 31.1 Å². The van der Waals surface area contributed by atoms with Gasteiger partial charge in [0, 0.05) is 28.5 Å². The highest BCUT2D eigenvalue weighted by Crippen LogP contribution is 2.20. The molecule has 2 N–H and O–H groups in total. The molecule has 4 aromatic rings. The van der Waals surface area contributed by atoms with Crippen molar-refractivity contribution in [3.63, 3.8) is 0 Å². The van der Waals surface area contributed by atoms with Crippen molar-refractivity contribution in [2.24, 2.45) is 0 Å². The Kier molecular flexibility index (Phi) is 8.90. The molecule has 38 heavy (non-hydrogen) atoms. The number of carbonyl (C=O) groups is 3. The number of amides is 2. The Morgan fingerprint density at radius 3 is 2.74 bits per heavy atom. The minimum absolute atomic E-state index is 0.0960. The number of rotatable bonds is 10. The first-order valence-corrected chi connectivity index (χ1v) is 12.7. The van der Waals surface area contributed by atoms with E-state index < -0.39 is 23.8 Å². The second-order valence-electron chi connectivity index (χ2n) is 7.79. The highest BCUT2D eigenvalue weighted by molar-refractivity contribution is 7.14. The third-order valence-corrected chi connectivity index (χ3v) is 6.13. The SMILES string of the molecule is CCOC(=O)c1csc(NC(=O)[C@H](Cc2ccccc2)NC(=O)/C=C/c2cc(Cl)ccc2-n2cnnn2)n1. The van der Waals surface area contributed by atoms with Gasteiger partial charge in [-0.15, -0.1) is 16.4 Å². The van der Waals surface area contributed by atoms with Gasteiger partial charge < -0.3 is 15.4 Å². The monoisotopic (exact) mass is 551 g/mol. The first-order chi connectivity index (χ1) is 18.4. The van der Waals surface area contributed by atoms with Gasteiger partial charge in [-0.3, -0.25) is 9.59 Å². The number of hydrogen-bond donors (Lipinski definition) is 2. The number of carbonyl (C=O) groups excluding carboxylic acids is 3. The average molecular weight is 552 g/mol. The van der Waals surface area contributed by atoms with Crippen LogP contribution in [0.4, 0.5) is 5.13 Å². The van der Waals surface area contributed by atoms with Crippen LogP contribution in [-0.2, 0) is 20.7 Å². The zero-order valence-electron chi connectivity index (χ0n) is 20.1. The summed E-state index contributed by atoms with van der Waals surface area (Å²) in [5, 5.41) is 18.7. The van der Waals surface area contributed by atoms with E-state index >= 15 is 0 Å². The van der Waals surface area contributed by atoms with Crippen molar-refractivity contribution in [1.82, 2.24) is 30.5 Å². The molecule has 0 bridgehead atoms. The first kappa shape index (κ1) is 26.6. The van der Waals surface area contributed by atoms with E-state index in [0.29, 0.717) is 16.3 Å². The predicted molar refractivity (Wildman–Crippen MR) is 142 cm³/mol. The van der Waals surface area contributed by atoms with E-state index in [1.807, 2.05) is 30.3 Å². The number of hydrogen-bond acceptors (Lipinski definition) is 9. The van der Waals surface area contributed by atoms with E-state index in [9.17, 15) is 14.4 Å². The van der Waals surface area contributed by atoms with E-state index in [0.717, 1.165) is 16.9 Å². The summed E-state index contributed by atoms with van der Waals surface area (Å²) < 4.78 is 6.38. The van der Waals surface area contributed by atoms with Crippen molar-refractivity contribution in [1.29, 1.82) is 0 Å². The molecule has 0 aliphatic heterocycles. The van der Waals surface area contributed by atoms with Gasteiger partial charge in [-0.2, -0.15) is 4.68 Å². The maximum Gasteiger partial charge on any atom is 0.357 e. The molecule has 0 radical (unpaired) electrons. The molecule has 0 fully saturated rings. The molecule has 0 unspecified atom stereocenters. The molecule has 0 spiro atoms. The number of esters is 1. The fraction of sp³-hybridized carbons (Fsp3) is 0.160. The molecular weight excluding hydrogens is 530 g/mol. The minimum Gasteiger partial charge on any atom is -0.461 e. The van der Waals surface area contributed by atoms with Crippen LogP contribution < -0.4 is 10.6 Å². The topological polar surface area (TPSA) is 141 Å². The van der Waals surface area contributed by atoms with E-state index in [1.165, 1.54) is 22.5 Å². The molecule has 13 heteroatoms. The lowest BCUT2D eigenvalue weighted by atomic mass is 10.1. The summed E-state index contributed by atoms with van der Waals surface area (Å²) in [6.07, 6.45) is 4.51. The van der Waals surface area contributed by atoms with E-state index in [1.54, 1.807) is 31.2 Å². The fourth-order valence-corrected chi connectivity index (χ4v) is 4.27. The summed E-state index contributed by atoms with van der Waals surface area (Å²) >= 11 is 7.23. The lowest BCUT2D eigenvalue weighted by Crippen LogP contribution is -2.44. The van der Waals surface area contributed by atoms with Crippen LogP contribution in [-0.4, -0.2) is 55.6 Å². The van der Waals surface area contributed by atoms with Crippen LogP contribution in [0.5, 0.6) is 0 Å². The minimum atomic E-state index is -0.928. The summed E-state index contributed by atoms with van der Waals surface area (Å²) in [6, 6.07) is 13.4. The van der Waals surface area contributed by atoms with Crippen molar-refractivity contribution in [2.45, 2.75) is 19.4 Å². The number of aromatic nitrogens is 5. The molecule has 0 aliphatic carbocycles. The molecule has 1 atom stereocenters. The number of ether oxygens (including phenoxy) is 1. The standard InChI is InChI=1S/C25H22ClN7O4S/c1-2-37-24(36)20-14-38-25(29-20)30-23(35)19(12-16-6-4-3-5-7-16)28-22(34)11-8-17-13-18(26)9-10-21(17)33-15-27-31-32-33/h3-11,13-15,19H,2,12H2,1H3,(H,28,34)(H,29,30,35)/b11-8+/t19-/m0/s1. The lowest BCUT2D eigenvalue weighted by molar-refractivity contribution is -0.123. The van der Waals surface area contributed by atoms with Crippen LogP contribution in [0.3, 0.4) is 0 Å².